The minimum Gasteiger partial charge on any atom is -0.0814 e. The third-order valence-electron chi connectivity index (χ3n) is 1.77. The van der Waals surface area contributed by atoms with Crippen molar-refractivity contribution in [3.05, 3.63) is 18.1 Å². The van der Waals surface area contributed by atoms with E-state index in [4.69, 9.17) is 0 Å². The summed E-state index contributed by atoms with van der Waals surface area (Å²) in [4.78, 5) is 0. The van der Waals surface area contributed by atoms with Gasteiger partial charge in [-0.15, -0.1) is 0 Å². The highest BCUT2D eigenvalue weighted by atomic mass is 14.3. The van der Waals surface area contributed by atoms with Gasteiger partial charge in [-0.25, -0.2) is 0 Å². The molecule has 0 bridgehead atoms. The molecule has 1 rings (SSSR count). The number of hydrogen-bond acceptors (Lipinski definition) is 0. The van der Waals surface area contributed by atoms with E-state index in [1.54, 1.807) is 0 Å². The van der Waals surface area contributed by atoms with Crippen LogP contribution in [0.3, 0.4) is 0 Å². The molecule has 0 amide bonds. The summed E-state index contributed by atoms with van der Waals surface area (Å²) >= 11 is 0. The summed E-state index contributed by atoms with van der Waals surface area (Å²) in [7, 11) is 0. The number of allylic oxidation sites excluding steroid dienone is 2. The van der Waals surface area contributed by atoms with Crippen molar-refractivity contribution < 1.29 is 0 Å². The third-order valence-corrected chi connectivity index (χ3v) is 1.77. The Labute approximate surface area is 45.2 Å². The zero-order chi connectivity index (χ0) is 5.49. The van der Waals surface area contributed by atoms with E-state index in [1.165, 1.54) is 5.92 Å². The van der Waals surface area contributed by atoms with E-state index >= 15 is 0 Å². The largest absolute Gasteiger partial charge is 0.0814 e. The first-order valence-corrected chi connectivity index (χ1v) is 2.66. The molecule has 0 nitrogen and oxygen atoms in total. The van der Waals surface area contributed by atoms with Crippen LogP contribution in [0.25, 0.3) is 0 Å². The van der Waals surface area contributed by atoms with E-state index in [0.717, 1.165) is 0 Å². The van der Waals surface area contributed by atoms with Gasteiger partial charge in [0.1, 0.15) is 0 Å². The molecular formula is C7H11. The molecule has 39 valence electrons. The molecule has 1 aliphatic carbocycles. The Kier molecular flexibility index (Phi) is 0.781. The highest BCUT2D eigenvalue weighted by Gasteiger charge is 2.27. The van der Waals surface area contributed by atoms with Crippen molar-refractivity contribution in [3.63, 3.8) is 0 Å². The molecule has 1 radical (unpaired) electrons. The first-order chi connectivity index (χ1) is 3.13. The maximum absolute atomic E-state index is 2.22. The lowest BCUT2D eigenvalue weighted by molar-refractivity contribution is 0.485. The van der Waals surface area contributed by atoms with Gasteiger partial charge >= 0.3 is 0 Å². The second-order valence-electron chi connectivity index (χ2n) is 2.74. The van der Waals surface area contributed by atoms with Gasteiger partial charge in [-0.3, -0.25) is 0 Å². The monoisotopic (exact) mass is 95.1 g/mol. The van der Waals surface area contributed by atoms with Gasteiger partial charge in [0.05, 0.1) is 0 Å². The Morgan fingerprint density at radius 3 is 1.86 bits per heavy atom. The van der Waals surface area contributed by atoms with Crippen LogP contribution in [0, 0.1) is 11.3 Å². The van der Waals surface area contributed by atoms with Crippen LogP contribution in [0.5, 0.6) is 0 Å². The average molecular weight is 95.2 g/mol. The predicted molar refractivity (Wildman–Crippen MR) is 31.8 cm³/mol. The molecule has 0 heterocycles. The van der Waals surface area contributed by atoms with Gasteiger partial charge in [-0.1, -0.05) is 32.9 Å². The van der Waals surface area contributed by atoms with Crippen molar-refractivity contribution in [1.29, 1.82) is 0 Å². The van der Waals surface area contributed by atoms with Crippen LogP contribution in [0.15, 0.2) is 12.2 Å². The van der Waals surface area contributed by atoms with E-state index in [9.17, 15) is 0 Å². The van der Waals surface area contributed by atoms with E-state index in [-0.39, 0.29) is 0 Å². The van der Waals surface area contributed by atoms with Gasteiger partial charge in [0, 0.05) is 5.92 Å². The second kappa shape index (κ2) is 1.12. The summed E-state index contributed by atoms with van der Waals surface area (Å²) < 4.78 is 0. The molecule has 0 unspecified atom stereocenters. The van der Waals surface area contributed by atoms with E-state index in [1.807, 2.05) is 0 Å². The summed E-state index contributed by atoms with van der Waals surface area (Å²) in [5.41, 5.74) is 0.417. The van der Waals surface area contributed by atoms with Gasteiger partial charge < -0.3 is 0 Å². The highest BCUT2D eigenvalue weighted by molar-refractivity contribution is 5.31. The van der Waals surface area contributed by atoms with Crippen LogP contribution in [0.2, 0.25) is 0 Å². The lowest BCUT2D eigenvalue weighted by Gasteiger charge is -2.33. The topological polar surface area (TPSA) is 0 Å². The van der Waals surface area contributed by atoms with Crippen molar-refractivity contribution in [2.45, 2.75) is 20.8 Å². The smallest absolute Gasteiger partial charge is 0.00356 e. The van der Waals surface area contributed by atoms with Crippen molar-refractivity contribution in [1.82, 2.24) is 0 Å². The van der Waals surface area contributed by atoms with Crippen LogP contribution in [-0.2, 0) is 0 Å². The van der Waals surface area contributed by atoms with Crippen molar-refractivity contribution in [2.75, 3.05) is 0 Å². The quantitative estimate of drug-likeness (QED) is 0.432. The lowest BCUT2D eigenvalue weighted by atomic mass is 9.71. The van der Waals surface area contributed by atoms with Crippen LogP contribution < -0.4 is 0 Å². The van der Waals surface area contributed by atoms with E-state index in [2.05, 4.69) is 32.9 Å². The summed E-state index contributed by atoms with van der Waals surface area (Å²) in [6.07, 6.45) is 4.39. The van der Waals surface area contributed by atoms with Crippen LogP contribution in [-0.4, -0.2) is 0 Å². The summed E-state index contributed by atoms with van der Waals surface area (Å²) in [6, 6.07) is 0. The standard InChI is InChI=1S/C7H11/c1-6-4-5-7(6,2)3/h4-5H,1-3H3. The van der Waals surface area contributed by atoms with Crippen molar-refractivity contribution in [3.8, 4) is 0 Å². The normalized spacial score (nSPS) is 27.3. The number of hydrogen-bond donors (Lipinski definition) is 0. The fourth-order valence-corrected chi connectivity index (χ4v) is 0.583. The number of rotatable bonds is 0. The zero-order valence-corrected chi connectivity index (χ0v) is 5.15. The summed E-state index contributed by atoms with van der Waals surface area (Å²) in [5, 5.41) is 0. The Hall–Kier alpha value is -0.260. The molecule has 0 spiro atoms. The fourth-order valence-electron chi connectivity index (χ4n) is 0.583. The van der Waals surface area contributed by atoms with Crippen LogP contribution in [0.1, 0.15) is 20.8 Å². The van der Waals surface area contributed by atoms with Crippen LogP contribution >= 0.6 is 0 Å². The van der Waals surface area contributed by atoms with Gasteiger partial charge in [0.25, 0.3) is 0 Å². The minimum absolute atomic E-state index is 0.417. The summed E-state index contributed by atoms with van der Waals surface area (Å²) in [5.74, 6) is 1.49. The molecule has 0 aromatic heterocycles. The Balaban J connectivity index is 2.64. The van der Waals surface area contributed by atoms with Gasteiger partial charge in [-0.2, -0.15) is 0 Å². The average Bonchev–Trinajstić information content (AvgIpc) is 1.63. The maximum atomic E-state index is 2.22. The molecule has 0 saturated heterocycles. The molecule has 0 aromatic carbocycles. The van der Waals surface area contributed by atoms with Crippen molar-refractivity contribution >= 4 is 0 Å². The maximum Gasteiger partial charge on any atom is 0.00356 e. The van der Waals surface area contributed by atoms with Crippen molar-refractivity contribution in [2.24, 2.45) is 5.41 Å². The molecule has 7 heavy (non-hydrogen) atoms. The molecule has 0 N–H and O–H groups in total. The Bertz CT molecular complexity index is 98.6. The first-order valence-electron chi connectivity index (χ1n) is 2.66. The van der Waals surface area contributed by atoms with Gasteiger partial charge in [-0.05, 0) is 5.41 Å². The molecular weight excluding hydrogens is 84.1 g/mol. The van der Waals surface area contributed by atoms with Crippen LogP contribution in [0.4, 0.5) is 0 Å². The van der Waals surface area contributed by atoms with Gasteiger partial charge in [0.15, 0.2) is 0 Å². The SMILES string of the molecule is C[C]1C=CC1(C)C. The predicted octanol–water partition coefficient (Wildman–Crippen LogP) is 2.18. The molecule has 0 fully saturated rings. The summed E-state index contributed by atoms with van der Waals surface area (Å²) in [6.45, 7) is 6.62. The Morgan fingerprint density at radius 2 is 1.86 bits per heavy atom. The molecule has 0 aliphatic heterocycles. The van der Waals surface area contributed by atoms with E-state index < -0.39 is 0 Å². The first kappa shape index (κ1) is 4.89. The molecule has 0 saturated carbocycles. The third kappa shape index (κ3) is 0.583. The molecule has 0 atom stereocenters. The molecule has 1 aliphatic rings. The molecule has 0 aromatic rings. The fraction of sp³-hybridized carbons (Fsp3) is 0.571. The zero-order valence-electron chi connectivity index (χ0n) is 5.15. The highest BCUT2D eigenvalue weighted by Crippen LogP contribution is 2.39. The Morgan fingerprint density at radius 1 is 1.43 bits per heavy atom. The minimum atomic E-state index is 0.417. The lowest BCUT2D eigenvalue weighted by Crippen LogP contribution is -2.22. The second-order valence-corrected chi connectivity index (χ2v) is 2.74. The van der Waals surface area contributed by atoms with Gasteiger partial charge in [0.2, 0.25) is 0 Å². The van der Waals surface area contributed by atoms with E-state index in [0.29, 0.717) is 5.41 Å². The molecule has 0 heteroatoms.